The summed E-state index contributed by atoms with van der Waals surface area (Å²) in [6.45, 7) is -0.326. The molecule has 0 amide bonds. The molecule has 6 heteroatoms. The molecule has 306 valence electrons. The first kappa shape index (κ1) is 35.7. The summed E-state index contributed by atoms with van der Waals surface area (Å²) in [5.41, 5.74) is 16.8. The van der Waals surface area contributed by atoms with Crippen molar-refractivity contribution in [2.24, 2.45) is 0 Å². The van der Waals surface area contributed by atoms with Gasteiger partial charge in [-0.25, -0.2) is 0 Å². The van der Waals surface area contributed by atoms with Crippen LogP contribution >= 0.6 is 0 Å². The molecule has 0 N–H and O–H groups in total. The van der Waals surface area contributed by atoms with Gasteiger partial charge in [0.25, 0.3) is 0 Å². The Morgan fingerprint density at radius 3 is 1.45 bits per heavy atom. The van der Waals surface area contributed by atoms with Crippen LogP contribution < -0.4 is 20.3 Å². The highest BCUT2D eigenvalue weighted by atomic mass is 16.5. The van der Waals surface area contributed by atoms with Crippen molar-refractivity contribution in [1.82, 2.24) is 13.7 Å². The number of fused-ring (bicyclic) bond motifs is 13. The number of hydrogen-bond acceptors (Lipinski definition) is 2. The SMILES string of the molecule is c1cc(-c2ccc3c(c2)Oc2cc(-n4c5ccccc5c5cc(-n6c7ccccc7c7ccccc76)ccc54)cc4c2B3Oc2ccccc2-4)cc(-n2c3ccccc3c3ccccc32)c1. The van der Waals surface area contributed by atoms with Crippen LogP contribution in [0.15, 0.2) is 218 Å². The monoisotopic (exact) mass is 841 g/mol. The van der Waals surface area contributed by atoms with E-state index in [0.29, 0.717) is 0 Å². The van der Waals surface area contributed by atoms with Gasteiger partial charge in [-0.2, -0.15) is 0 Å². The van der Waals surface area contributed by atoms with Crippen molar-refractivity contribution in [3.05, 3.63) is 218 Å². The van der Waals surface area contributed by atoms with Crippen molar-refractivity contribution in [2.45, 2.75) is 0 Å². The predicted octanol–water partition coefficient (Wildman–Crippen LogP) is 13.9. The molecule has 0 atom stereocenters. The van der Waals surface area contributed by atoms with Crippen LogP contribution in [0.25, 0.3) is 105 Å². The summed E-state index contributed by atoms with van der Waals surface area (Å²) in [6.07, 6.45) is 0. The van der Waals surface area contributed by atoms with Gasteiger partial charge in [-0.3, -0.25) is 0 Å². The summed E-state index contributed by atoms with van der Waals surface area (Å²) >= 11 is 0. The second-order valence-corrected chi connectivity index (χ2v) is 17.6. The first-order valence-corrected chi connectivity index (χ1v) is 22.6. The molecule has 2 aliphatic rings. The van der Waals surface area contributed by atoms with Gasteiger partial charge in [0.05, 0.1) is 38.8 Å². The fourth-order valence-electron chi connectivity index (χ4n) is 11.3. The van der Waals surface area contributed by atoms with Crippen LogP contribution in [-0.4, -0.2) is 20.6 Å². The lowest BCUT2D eigenvalue weighted by Crippen LogP contribution is -2.53. The Balaban J connectivity index is 0.890. The first-order valence-electron chi connectivity index (χ1n) is 22.6. The fourth-order valence-corrected chi connectivity index (χ4v) is 11.3. The molecule has 3 aromatic heterocycles. The molecule has 0 radical (unpaired) electrons. The maximum atomic E-state index is 7.13. The van der Waals surface area contributed by atoms with E-state index in [1.165, 1.54) is 54.4 Å². The molecule has 0 saturated carbocycles. The molecule has 5 heterocycles. The second-order valence-electron chi connectivity index (χ2n) is 17.6. The summed E-state index contributed by atoms with van der Waals surface area (Å²) in [5, 5.41) is 7.39. The summed E-state index contributed by atoms with van der Waals surface area (Å²) in [5.74, 6) is 2.47. The quantitative estimate of drug-likeness (QED) is 0.165. The Bertz CT molecular complexity index is 4100. The molecule has 0 saturated heterocycles. The summed E-state index contributed by atoms with van der Waals surface area (Å²) in [6, 6.07) is 78.8. The normalized spacial score (nSPS) is 12.8. The lowest BCUT2D eigenvalue weighted by atomic mass is 9.50. The van der Waals surface area contributed by atoms with Gasteiger partial charge in [-0.15, -0.1) is 0 Å². The second kappa shape index (κ2) is 13.4. The highest BCUT2D eigenvalue weighted by molar-refractivity contribution is 6.84. The molecule has 0 unspecified atom stereocenters. The van der Waals surface area contributed by atoms with E-state index in [1.807, 2.05) is 0 Å². The Hall–Kier alpha value is -8.74. The number of para-hydroxylation sites is 6. The Morgan fingerprint density at radius 2 is 0.818 bits per heavy atom. The van der Waals surface area contributed by atoms with Gasteiger partial charge in [0, 0.05) is 66.2 Å². The van der Waals surface area contributed by atoms with E-state index in [9.17, 15) is 0 Å². The highest BCUT2D eigenvalue weighted by Crippen LogP contribution is 2.44. The molecule has 13 aromatic rings. The molecule has 0 spiro atoms. The van der Waals surface area contributed by atoms with Crippen LogP contribution in [0.2, 0.25) is 0 Å². The van der Waals surface area contributed by atoms with Crippen molar-refractivity contribution < 1.29 is 9.39 Å². The Labute approximate surface area is 379 Å². The smallest absolute Gasteiger partial charge is 0.434 e. The third-order valence-electron chi connectivity index (χ3n) is 14.1. The van der Waals surface area contributed by atoms with Crippen LogP contribution in [0.4, 0.5) is 0 Å². The average Bonchev–Trinajstić information content (AvgIpc) is 4.02. The minimum atomic E-state index is -0.326. The molecule has 66 heavy (non-hydrogen) atoms. The van der Waals surface area contributed by atoms with Crippen LogP contribution in [0.5, 0.6) is 17.2 Å². The third kappa shape index (κ3) is 4.95. The number of ether oxygens (including phenoxy) is 1. The standard InChI is InChI=1S/C60H36BN3O2/c1-7-22-51-42(16-1)43-17-2-8-23-52(43)62(51)39-15-13-14-37(32-39)38-28-30-50-58(33-38)65-59-36-41(35-49-47-21-6-12-27-57(47)66-61(50)60(49)59)64-55-26-11-5-20-46(55)48-34-40(29-31-56(48)64)63-53-24-9-3-18-44(53)45-19-4-10-25-54(45)63/h1-36H. The maximum Gasteiger partial charge on any atom is 0.434 e. The van der Waals surface area contributed by atoms with Gasteiger partial charge < -0.3 is 23.1 Å². The van der Waals surface area contributed by atoms with E-state index in [0.717, 1.165) is 78.5 Å². The van der Waals surface area contributed by atoms with E-state index in [1.54, 1.807) is 0 Å². The molecule has 2 aliphatic heterocycles. The van der Waals surface area contributed by atoms with Crippen molar-refractivity contribution in [2.75, 3.05) is 0 Å². The van der Waals surface area contributed by atoms with Gasteiger partial charge in [-0.05, 0) is 95.6 Å². The zero-order valence-corrected chi connectivity index (χ0v) is 35.5. The Kier molecular flexibility index (Phi) is 7.24. The number of rotatable bonds is 4. The summed E-state index contributed by atoms with van der Waals surface area (Å²) in [4.78, 5) is 0. The van der Waals surface area contributed by atoms with E-state index in [2.05, 4.69) is 232 Å². The van der Waals surface area contributed by atoms with Crippen molar-refractivity contribution in [3.63, 3.8) is 0 Å². The highest BCUT2D eigenvalue weighted by Gasteiger charge is 2.41. The van der Waals surface area contributed by atoms with Gasteiger partial charge in [-0.1, -0.05) is 133 Å². The molecular formula is C60H36BN3O2. The van der Waals surface area contributed by atoms with Crippen LogP contribution in [0.3, 0.4) is 0 Å². The van der Waals surface area contributed by atoms with E-state index in [4.69, 9.17) is 9.39 Å². The number of nitrogens with zero attached hydrogens (tertiary/aromatic N) is 3. The van der Waals surface area contributed by atoms with Gasteiger partial charge >= 0.3 is 6.92 Å². The molecule has 10 aromatic carbocycles. The van der Waals surface area contributed by atoms with Crippen molar-refractivity contribution in [3.8, 4) is 56.6 Å². The van der Waals surface area contributed by atoms with Crippen LogP contribution in [-0.2, 0) is 0 Å². The van der Waals surface area contributed by atoms with E-state index < -0.39 is 0 Å². The lowest BCUT2D eigenvalue weighted by Gasteiger charge is -2.33. The predicted molar refractivity (Wildman–Crippen MR) is 272 cm³/mol. The lowest BCUT2D eigenvalue weighted by molar-refractivity contribution is 0.479. The van der Waals surface area contributed by atoms with Gasteiger partial charge in [0.2, 0.25) is 0 Å². The number of benzene rings is 10. The summed E-state index contributed by atoms with van der Waals surface area (Å²) < 4.78 is 21.3. The Morgan fingerprint density at radius 1 is 0.303 bits per heavy atom. The summed E-state index contributed by atoms with van der Waals surface area (Å²) in [7, 11) is 0. The average molecular weight is 842 g/mol. The number of aromatic nitrogens is 3. The molecule has 0 aliphatic carbocycles. The fraction of sp³-hybridized carbons (Fsp3) is 0. The van der Waals surface area contributed by atoms with E-state index in [-0.39, 0.29) is 6.92 Å². The zero-order valence-electron chi connectivity index (χ0n) is 35.5. The van der Waals surface area contributed by atoms with Crippen molar-refractivity contribution >= 4 is 83.3 Å². The van der Waals surface area contributed by atoms with Gasteiger partial charge in [0.15, 0.2) is 0 Å². The number of hydrogen-bond donors (Lipinski definition) is 0. The largest absolute Gasteiger partial charge is 0.551 e. The van der Waals surface area contributed by atoms with Crippen LogP contribution in [0, 0.1) is 0 Å². The minimum absolute atomic E-state index is 0.326. The van der Waals surface area contributed by atoms with E-state index >= 15 is 0 Å². The molecule has 0 bridgehead atoms. The first-order chi connectivity index (χ1) is 32.7. The third-order valence-corrected chi connectivity index (χ3v) is 14.1. The van der Waals surface area contributed by atoms with Gasteiger partial charge in [0.1, 0.15) is 17.2 Å². The molecular weight excluding hydrogens is 805 g/mol. The topological polar surface area (TPSA) is 33.2 Å². The zero-order chi connectivity index (χ0) is 43.0. The minimum Gasteiger partial charge on any atom is -0.551 e. The molecule has 5 nitrogen and oxygen atoms in total. The molecule has 0 fully saturated rings. The van der Waals surface area contributed by atoms with Crippen molar-refractivity contribution in [1.29, 1.82) is 0 Å². The molecule has 15 rings (SSSR count). The maximum absolute atomic E-state index is 7.13. The van der Waals surface area contributed by atoms with Crippen LogP contribution in [0.1, 0.15) is 0 Å².